The molecule has 0 bridgehead atoms. The number of fused-ring (bicyclic) bond motifs is 1. The predicted octanol–water partition coefficient (Wildman–Crippen LogP) is 4.16. The van der Waals surface area contributed by atoms with E-state index in [-0.39, 0.29) is 0 Å². The number of hydrogen-bond acceptors (Lipinski definition) is 1. The maximum atomic E-state index is 6.10. The highest BCUT2D eigenvalue weighted by molar-refractivity contribution is 6.45. The second kappa shape index (κ2) is 3.41. The fourth-order valence-corrected chi connectivity index (χ4v) is 1.95. The molecule has 0 N–H and O–H groups in total. The van der Waals surface area contributed by atoms with Gasteiger partial charge in [-0.05, 0) is 25.5 Å². The summed E-state index contributed by atoms with van der Waals surface area (Å²) in [4.78, 5) is 4.27. The van der Waals surface area contributed by atoms with Gasteiger partial charge in [-0.1, -0.05) is 34.8 Å². The van der Waals surface area contributed by atoms with Gasteiger partial charge in [-0.2, -0.15) is 0 Å². The Labute approximate surface area is 92.7 Å². The van der Waals surface area contributed by atoms with Crippen LogP contribution in [0.1, 0.15) is 11.1 Å². The van der Waals surface area contributed by atoms with Crippen LogP contribution in [0, 0.1) is 13.8 Å². The van der Waals surface area contributed by atoms with Gasteiger partial charge in [-0.25, -0.2) is 0 Å². The van der Waals surface area contributed by atoms with E-state index in [2.05, 4.69) is 11.1 Å². The van der Waals surface area contributed by atoms with Crippen molar-refractivity contribution in [2.24, 2.45) is 0 Å². The average Bonchev–Trinajstić information content (AvgIpc) is 2.12. The molecule has 0 spiro atoms. The smallest absolute Gasteiger partial charge is 0.0782 e. The summed E-state index contributed by atoms with van der Waals surface area (Å²) in [5, 5.41) is 2.02. The van der Waals surface area contributed by atoms with Crippen LogP contribution >= 0.6 is 23.2 Å². The number of nitrogens with zero attached hydrogens (tertiary/aromatic N) is 1. The Morgan fingerprint density at radius 3 is 2.57 bits per heavy atom. The average molecular weight is 226 g/mol. The Balaban J connectivity index is 2.95. The van der Waals surface area contributed by atoms with Gasteiger partial charge in [-0.15, -0.1) is 0 Å². The summed E-state index contributed by atoms with van der Waals surface area (Å²) in [5.41, 5.74) is 3.21. The van der Waals surface area contributed by atoms with Gasteiger partial charge < -0.3 is 0 Å². The van der Waals surface area contributed by atoms with Crippen molar-refractivity contribution in [2.45, 2.75) is 13.8 Å². The summed E-state index contributed by atoms with van der Waals surface area (Å²) in [6.45, 7) is 4.05. The lowest BCUT2D eigenvalue weighted by molar-refractivity contribution is 1.34. The summed E-state index contributed by atoms with van der Waals surface area (Å²) < 4.78 is 0. The van der Waals surface area contributed by atoms with E-state index in [1.54, 1.807) is 6.20 Å². The molecule has 1 heterocycles. The van der Waals surface area contributed by atoms with E-state index in [4.69, 9.17) is 23.2 Å². The Hall–Kier alpha value is -0.790. The van der Waals surface area contributed by atoms with E-state index in [1.807, 2.05) is 19.9 Å². The fraction of sp³-hybridized carbons (Fsp3) is 0.182. The first kappa shape index (κ1) is 9.75. The van der Waals surface area contributed by atoms with Crippen molar-refractivity contribution in [1.82, 2.24) is 4.98 Å². The summed E-state index contributed by atoms with van der Waals surface area (Å²) >= 11 is 12.0. The highest BCUT2D eigenvalue weighted by Crippen LogP contribution is 2.31. The molecule has 0 aliphatic rings. The molecule has 1 aromatic heterocycles. The first-order valence-electron chi connectivity index (χ1n) is 4.30. The molecule has 0 unspecified atom stereocenters. The van der Waals surface area contributed by atoms with E-state index in [9.17, 15) is 0 Å². The maximum Gasteiger partial charge on any atom is 0.0782 e. The van der Waals surface area contributed by atoms with Crippen LogP contribution in [-0.4, -0.2) is 4.98 Å². The van der Waals surface area contributed by atoms with Gasteiger partial charge in [0, 0.05) is 11.6 Å². The van der Waals surface area contributed by atoms with E-state index in [0.717, 1.165) is 16.5 Å². The van der Waals surface area contributed by atoms with E-state index < -0.39 is 0 Å². The Morgan fingerprint density at radius 1 is 1.14 bits per heavy atom. The number of aryl methyl sites for hydroxylation is 2. The first-order chi connectivity index (χ1) is 6.59. The summed E-state index contributed by atoms with van der Waals surface area (Å²) in [5.74, 6) is 0. The van der Waals surface area contributed by atoms with Crippen molar-refractivity contribution in [3.05, 3.63) is 39.5 Å². The lowest BCUT2D eigenvalue weighted by atomic mass is 10.1. The molecule has 2 rings (SSSR count). The molecule has 0 radical (unpaired) electrons. The zero-order valence-electron chi connectivity index (χ0n) is 7.94. The Morgan fingerprint density at radius 2 is 1.86 bits per heavy atom. The lowest BCUT2D eigenvalue weighted by Crippen LogP contribution is -1.86. The number of benzene rings is 1. The second-order valence-corrected chi connectivity index (χ2v) is 4.18. The third-order valence-corrected chi connectivity index (χ3v) is 2.99. The van der Waals surface area contributed by atoms with Gasteiger partial charge in [0.1, 0.15) is 0 Å². The molecule has 0 atom stereocenters. The van der Waals surface area contributed by atoms with Gasteiger partial charge in [0.25, 0.3) is 0 Å². The standard InChI is InChI=1S/C11H9Cl2N/c1-6-3-7(2)11-8(4-6)10(13)9(12)5-14-11/h3-5H,1-2H3. The van der Waals surface area contributed by atoms with Gasteiger partial charge in [0.05, 0.1) is 15.6 Å². The van der Waals surface area contributed by atoms with Crippen molar-refractivity contribution >= 4 is 34.1 Å². The van der Waals surface area contributed by atoms with Crippen molar-refractivity contribution < 1.29 is 0 Å². The largest absolute Gasteiger partial charge is 0.254 e. The molecular formula is C11H9Cl2N. The third kappa shape index (κ3) is 1.47. The van der Waals surface area contributed by atoms with Crippen LogP contribution in [0.5, 0.6) is 0 Å². The minimum atomic E-state index is 0.504. The molecule has 0 amide bonds. The summed E-state index contributed by atoms with van der Waals surface area (Å²) in [6.07, 6.45) is 1.59. The highest BCUT2D eigenvalue weighted by atomic mass is 35.5. The van der Waals surface area contributed by atoms with Crippen LogP contribution in [-0.2, 0) is 0 Å². The van der Waals surface area contributed by atoms with Crippen LogP contribution < -0.4 is 0 Å². The van der Waals surface area contributed by atoms with Crippen LogP contribution in [0.15, 0.2) is 18.3 Å². The van der Waals surface area contributed by atoms with E-state index >= 15 is 0 Å². The molecule has 0 saturated heterocycles. The quantitative estimate of drug-likeness (QED) is 0.657. The fourth-order valence-electron chi connectivity index (χ4n) is 1.61. The van der Waals surface area contributed by atoms with Gasteiger partial charge in [0.15, 0.2) is 0 Å². The molecule has 1 nitrogen and oxygen atoms in total. The van der Waals surface area contributed by atoms with Crippen LogP contribution in [0.3, 0.4) is 0 Å². The molecule has 72 valence electrons. The molecule has 0 aliphatic carbocycles. The number of pyridine rings is 1. The zero-order chi connectivity index (χ0) is 10.3. The molecule has 3 heteroatoms. The van der Waals surface area contributed by atoms with Gasteiger partial charge in [-0.3, -0.25) is 4.98 Å². The maximum absolute atomic E-state index is 6.10. The lowest BCUT2D eigenvalue weighted by Gasteiger charge is -2.05. The van der Waals surface area contributed by atoms with Gasteiger partial charge >= 0.3 is 0 Å². The van der Waals surface area contributed by atoms with Crippen LogP contribution in [0.25, 0.3) is 10.9 Å². The van der Waals surface area contributed by atoms with E-state index in [1.165, 1.54) is 5.56 Å². The topological polar surface area (TPSA) is 12.9 Å². The van der Waals surface area contributed by atoms with Gasteiger partial charge in [0.2, 0.25) is 0 Å². The Bertz CT molecular complexity index is 506. The van der Waals surface area contributed by atoms with Crippen molar-refractivity contribution in [1.29, 1.82) is 0 Å². The van der Waals surface area contributed by atoms with Crippen LogP contribution in [0.4, 0.5) is 0 Å². The highest BCUT2D eigenvalue weighted by Gasteiger charge is 2.07. The normalized spacial score (nSPS) is 10.9. The molecular weight excluding hydrogens is 217 g/mol. The minimum Gasteiger partial charge on any atom is -0.254 e. The summed E-state index contributed by atoms with van der Waals surface area (Å²) in [7, 11) is 0. The SMILES string of the molecule is Cc1cc(C)c2ncc(Cl)c(Cl)c2c1. The van der Waals surface area contributed by atoms with Crippen LogP contribution in [0.2, 0.25) is 10.0 Å². The molecule has 14 heavy (non-hydrogen) atoms. The predicted molar refractivity (Wildman–Crippen MR) is 61.2 cm³/mol. The van der Waals surface area contributed by atoms with Crippen molar-refractivity contribution in [3.63, 3.8) is 0 Å². The molecule has 0 fully saturated rings. The third-order valence-electron chi connectivity index (χ3n) is 2.20. The minimum absolute atomic E-state index is 0.504. The first-order valence-corrected chi connectivity index (χ1v) is 5.06. The number of halogens is 2. The summed E-state index contributed by atoms with van der Waals surface area (Å²) in [6, 6.07) is 4.09. The van der Waals surface area contributed by atoms with Crippen molar-refractivity contribution in [3.8, 4) is 0 Å². The molecule has 2 aromatic rings. The Kier molecular flexibility index (Phi) is 2.38. The number of aromatic nitrogens is 1. The second-order valence-electron chi connectivity index (χ2n) is 3.40. The zero-order valence-corrected chi connectivity index (χ0v) is 9.45. The van der Waals surface area contributed by atoms with Crippen molar-refractivity contribution in [2.75, 3.05) is 0 Å². The molecule has 1 aromatic carbocycles. The molecule has 0 aliphatic heterocycles. The van der Waals surface area contributed by atoms with E-state index in [0.29, 0.717) is 10.0 Å². The monoisotopic (exact) mass is 225 g/mol. The number of hydrogen-bond donors (Lipinski definition) is 0. The number of rotatable bonds is 0. The molecule has 0 saturated carbocycles.